The Balaban J connectivity index is 1.77. The minimum atomic E-state index is -1.24. The molecule has 2 atom stereocenters. The van der Waals surface area contributed by atoms with Crippen LogP contribution in [0.15, 0.2) is 67.0 Å². The highest BCUT2D eigenvalue weighted by atomic mass is 19.1. The minimum Gasteiger partial charge on any atom is -0.496 e. The molecule has 3 aromatic rings. The maximum atomic E-state index is 13.6. The predicted octanol–water partition coefficient (Wildman–Crippen LogP) is 3.69. The van der Waals surface area contributed by atoms with Gasteiger partial charge in [-0.25, -0.2) is 4.39 Å². The Morgan fingerprint density at radius 2 is 1.88 bits per heavy atom. The number of halogens is 1. The van der Waals surface area contributed by atoms with Crippen molar-refractivity contribution < 1.29 is 23.5 Å². The first-order valence-electron chi connectivity index (χ1n) is 10.1. The van der Waals surface area contributed by atoms with Crippen LogP contribution in [0.2, 0.25) is 0 Å². The van der Waals surface area contributed by atoms with Crippen molar-refractivity contribution in [1.29, 1.82) is 0 Å². The number of benzene rings is 2. The summed E-state index contributed by atoms with van der Waals surface area (Å²) in [5, 5.41) is 0. The van der Waals surface area contributed by atoms with Gasteiger partial charge in [0, 0.05) is 24.5 Å². The summed E-state index contributed by atoms with van der Waals surface area (Å²) in [6.07, 6.45) is 3.21. The smallest absolute Gasteiger partial charge is 0.291 e. The molecule has 0 N–H and O–H groups in total. The van der Waals surface area contributed by atoms with Crippen LogP contribution in [0.4, 0.5) is 4.39 Å². The first-order chi connectivity index (χ1) is 15.4. The molecule has 2 unspecified atom stereocenters. The summed E-state index contributed by atoms with van der Waals surface area (Å²) in [6.45, 7) is 1.90. The number of aryl methyl sites for hydroxylation is 1. The molecule has 1 aromatic heterocycles. The highest BCUT2D eigenvalue weighted by Crippen LogP contribution is 2.39. The van der Waals surface area contributed by atoms with E-state index in [2.05, 4.69) is 4.98 Å². The van der Waals surface area contributed by atoms with E-state index >= 15 is 0 Å². The summed E-state index contributed by atoms with van der Waals surface area (Å²) in [7, 11) is 1.53. The fourth-order valence-electron chi connectivity index (χ4n) is 4.09. The molecular formula is C25H21FN2O4. The molecule has 2 heterocycles. The highest BCUT2D eigenvalue weighted by molar-refractivity contribution is 6.44. The molecule has 0 radical (unpaired) electrons. The minimum absolute atomic E-state index is 0.103. The fourth-order valence-corrected chi connectivity index (χ4v) is 4.09. The number of aromatic nitrogens is 1. The highest BCUT2D eigenvalue weighted by Gasteiger charge is 2.51. The Hall–Kier alpha value is -3.87. The van der Waals surface area contributed by atoms with Crippen molar-refractivity contribution in [1.82, 2.24) is 9.88 Å². The Morgan fingerprint density at radius 3 is 2.50 bits per heavy atom. The van der Waals surface area contributed by atoms with E-state index in [1.807, 2.05) is 0 Å². The number of nitrogens with zero attached hydrogens (tertiary/aromatic N) is 2. The number of hydrogen-bond donors (Lipinski definition) is 0. The van der Waals surface area contributed by atoms with Gasteiger partial charge in [-0.15, -0.1) is 0 Å². The third-order valence-corrected chi connectivity index (χ3v) is 5.65. The second kappa shape index (κ2) is 8.70. The monoisotopic (exact) mass is 432 g/mol. The lowest BCUT2D eigenvalue weighted by molar-refractivity contribution is -0.141. The lowest BCUT2D eigenvalue weighted by Crippen LogP contribution is -2.30. The van der Waals surface area contributed by atoms with E-state index in [1.54, 1.807) is 49.6 Å². The molecule has 162 valence electrons. The number of Topliss-reactive ketones (excluding diaryl/α,β-unsaturated/α-hetero) is 2. The summed E-state index contributed by atoms with van der Waals surface area (Å²) < 4.78 is 18.8. The van der Waals surface area contributed by atoms with Gasteiger partial charge in [0.25, 0.3) is 5.91 Å². The van der Waals surface area contributed by atoms with Gasteiger partial charge in [0.15, 0.2) is 5.78 Å². The number of ketones is 2. The van der Waals surface area contributed by atoms with E-state index in [1.165, 1.54) is 36.3 Å². The summed E-state index contributed by atoms with van der Waals surface area (Å²) >= 11 is 0. The second-order valence-corrected chi connectivity index (χ2v) is 7.68. The first-order valence-corrected chi connectivity index (χ1v) is 10.1. The van der Waals surface area contributed by atoms with Crippen molar-refractivity contribution in [3.05, 3.63) is 95.1 Å². The molecule has 32 heavy (non-hydrogen) atoms. The molecule has 1 saturated heterocycles. The maximum absolute atomic E-state index is 13.6. The van der Waals surface area contributed by atoms with Crippen molar-refractivity contribution in [2.75, 3.05) is 7.11 Å². The maximum Gasteiger partial charge on any atom is 0.291 e. The molecule has 1 fully saturated rings. The van der Waals surface area contributed by atoms with Gasteiger partial charge in [-0.3, -0.25) is 19.4 Å². The van der Waals surface area contributed by atoms with E-state index in [-0.39, 0.29) is 6.54 Å². The number of carbonyl (C=O) groups is 3. The van der Waals surface area contributed by atoms with E-state index < -0.39 is 35.3 Å². The van der Waals surface area contributed by atoms with Crippen LogP contribution < -0.4 is 4.74 Å². The molecule has 0 spiro atoms. The third-order valence-electron chi connectivity index (χ3n) is 5.65. The van der Waals surface area contributed by atoms with Gasteiger partial charge in [-0.1, -0.05) is 18.2 Å². The van der Waals surface area contributed by atoms with Gasteiger partial charge in [0.05, 0.1) is 13.2 Å². The lowest BCUT2D eigenvalue weighted by atomic mass is 9.86. The topological polar surface area (TPSA) is 76.6 Å². The molecular weight excluding hydrogens is 411 g/mol. The van der Waals surface area contributed by atoms with E-state index in [0.717, 1.165) is 5.56 Å². The molecule has 4 rings (SSSR count). The van der Waals surface area contributed by atoms with E-state index in [4.69, 9.17) is 4.74 Å². The number of likely N-dealkylation sites (tertiary alicyclic amines) is 1. The third kappa shape index (κ3) is 3.89. The van der Waals surface area contributed by atoms with Crippen LogP contribution in [0, 0.1) is 18.7 Å². The first kappa shape index (κ1) is 21.4. The number of amides is 1. The van der Waals surface area contributed by atoms with Crippen LogP contribution >= 0.6 is 0 Å². The van der Waals surface area contributed by atoms with Crippen LogP contribution in [0.25, 0.3) is 0 Å². The molecule has 0 bridgehead atoms. The zero-order valence-electron chi connectivity index (χ0n) is 17.6. The number of pyridine rings is 1. The second-order valence-electron chi connectivity index (χ2n) is 7.68. The standard InChI is InChI=1S/C25H21FN2O4/c1-15-12-18(7-10-20(15)32-2)23(29)21-22(17-5-8-19(26)9-6-17)28(25(31)24(21)30)14-16-4-3-11-27-13-16/h3-13,21-22H,14H2,1-2H3. The Labute approximate surface area is 184 Å². The summed E-state index contributed by atoms with van der Waals surface area (Å²) in [5.74, 6) is -3.05. The molecule has 2 aromatic carbocycles. The number of ether oxygens (including phenoxy) is 1. The average molecular weight is 432 g/mol. The number of carbonyl (C=O) groups excluding carboxylic acids is 3. The SMILES string of the molecule is COc1ccc(C(=O)C2C(=O)C(=O)N(Cc3cccnc3)C2c2ccc(F)cc2)cc1C. The number of methoxy groups -OCH3 is 1. The normalized spacial score (nSPS) is 18.2. The number of rotatable bonds is 6. The summed E-state index contributed by atoms with van der Waals surface area (Å²) in [5.41, 5.74) is 2.28. The van der Waals surface area contributed by atoms with Crippen molar-refractivity contribution in [2.45, 2.75) is 19.5 Å². The van der Waals surface area contributed by atoms with Crippen LogP contribution in [0.3, 0.4) is 0 Å². The molecule has 6 nitrogen and oxygen atoms in total. The molecule has 7 heteroatoms. The largest absolute Gasteiger partial charge is 0.496 e. The van der Waals surface area contributed by atoms with E-state index in [0.29, 0.717) is 22.4 Å². The van der Waals surface area contributed by atoms with E-state index in [9.17, 15) is 18.8 Å². The Bertz CT molecular complexity index is 1180. The van der Waals surface area contributed by atoms with Crippen LogP contribution in [0.5, 0.6) is 5.75 Å². The van der Waals surface area contributed by atoms with Gasteiger partial charge >= 0.3 is 0 Å². The molecule has 1 aliphatic rings. The van der Waals surface area contributed by atoms with Crippen molar-refractivity contribution in [2.24, 2.45) is 5.92 Å². The van der Waals surface area contributed by atoms with Gasteiger partial charge in [-0.2, -0.15) is 0 Å². The van der Waals surface area contributed by atoms with Gasteiger partial charge in [0.1, 0.15) is 17.5 Å². The fraction of sp³-hybridized carbons (Fsp3) is 0.200. The van der Waals surface area contributed by atoms with Gasteiger partial charge in [0.2, 0.25) is 5.78 Å². The van der Waals surface area contributed by atoms with Crippen LogP contribution in [-0.4, -0.2) is 34.5 Å². The Morgan fingerprint density at radius 1 is 1.12 bits per heavy atom. The zero-order valence-corrected chi connectivity index (χ0v) is 17.6. The molecule has 1 aliphatic heterocycles. The van der Waals surface area contributed by atoms with Gasteiger partial charge in [-0.05, 0) is 60.0 Å². The Kier molecular flexibility index (Phi) is 5.81. The van der Waals surface area contributed by atoms with Crippen molar-refractivity contribution in [3.8, 4) is 5.75 Å². The zero-order chi connectivity index (χ0) is 22.8. The van der Waals surface area contributed by atoms with Crippen molar-refractivity contribution in [3.63, 3.8) is 0 Å². The summed E-state index contributed by atoms with van der Waals surface area (Å²) in [4.78, 5) is 44.9. The quantitative estimate of drug-likeness (QED) is 0.337. The van der Waals surface area contributed by atoms with Crippen molar-refractivity contribution >= 4 is 17.5 Å². The molecule has 0 saturated carbocycles. The van der Waals surface area contributed by atoms with Crippen LogP contribution in [-0.2, 0) is 16.1 Å². The number of hydrogen-bond acceptors (Lipinski definition) is 5. The van der Waals surface area contributed by atoms with Gasteiger partial charge < -0.3 is 9.64 Å². The average Bonchev–Trinajstić information content (AvgIpc) is 3.04. The molecule has 0 aliphatic carbocycles. The molecule has 1 amide bonds. The summed E-state index contributed by atoms with van der Waals surface area (Å²) in [6, 6.07) is 13.1. The lowest BCUT2D eigenvalue weighted by Gasteiger charge is -2.27. The van der Waals surface area contributed by atoms with Crippen LogP contribution in [0.1, 0.15) is 33.1 Å². The predicted molar refractivity (Wildman–Crippen MR) is 114 cm³/mol.